The van der Waals surface area contributed by atoms with E-state index in [9.17, 15) is 8.42 Å². The summed E-state index contributed by atoms with van der Waals surface area (Å²) in [7, 11) is -3.11. The van der Waals surface area contributed by atoms with Gasteiger partial charge in [-0.1, -0.05) is 0 Å². The molecule has 0 amide bonds. The van der Waals surface area contributed by atoms with Crippen LogP contribution in [0.3, 0.4) is 0 Å². The largest absolute Gasteiger partial charge is 0.377 e. The van der Waals surface area contributed by atoms with Crippen LogP contribution in [0.5, 0.6) is 0 Å². The Morgan fingerprint density at radius 3 is 2.65 bits per heavy atom. The summed E-state index contributed by atoms with van der Waals surface area (Å²) in [6.45, 7) is 7.83. The summed E-state index contributed by atoms with van der Waals surface area (Å²) in [5.74, 6) is 2.72. The molecule has 3 rings (SSSR count). The monoisotopic (exact) mass is 344 g/mol. The Labute approximate surface area is 141 Å². The Bertz CT molecular complexity index is 488. The minimum atomic E-state index is -3.11. The fourth-order valence-electron chi connectivity index (χ4n) is 4.20. The summed E-state index contributed by atoms with van der Waals surface area (Å²) >= 11 is 0. The van der Waals surface area contributed by atoms with Crippen LogP contribution >= 0.6 is 0 Å². The molecule has 134 valence electrons. The van der Waals surface area contributed by atoms with Crippen molar-refractivity contribution < 1.29 is 13.2 Å². The first-order valence-corrected chi connectivity index (χ1v) is 10.8. The molecule has 3 atom stereocenters. The second kappa shape index (κ2) is 7.38. The molecule has 2 heterocycles. The lowest BCUT2D eigenvalue weighted by atomic mass is 9.91. The molecule has 1 N–H and O–H groups in total. The molecule has 0 aromatic carbocycles. The summed E-state index contributed by atoms with van der Waals surface area (Å²) < 4.78 is 31.9. The number of ether oxygens (including phenoxy) is 1. The molecule has 1 aliphatic carbocycles. The van der Waals surface area contributed by atoms with Gasteiger partial charge in [-0.25, -0.2) is 8.42 Å². The number of rotatable bonds is 7. The third-order valence-corrected chi connectivity index (χ3v) is 8.12. The van der Waals surface area contributed by atoms with E-state index in [0.717, 1.165) is 37.2 Å². The molecule has 0 aromatic rings. The minimum absolute atomic E-state index is 0.0969. The third-order valence-electron chi connectivity index (χ3n) is 5.87. The Morgan fingerprint density at radius 1 is 1.22 bits per heavy atom. The number of nitrogens with zero attached hydrogens (tertiary/aromatic N) is 1. The summed E-state index contributed by atoms with van der Waals surface area (Å²) in [6, 6.07) is 0. The van der Waals surface area contributed by atoms with Crippen molar-refractivity contribution in [1.82, 2.24) is 9.62 Å². The van der Waals surface area contributed by atoms with Gasteiger partial charge in [0, 0.05) is 19.7 Å². The van der Waals surface area contributed by atoms with E-state index >= 15 is 0 Å². The Hall–Kier alpha value is -0.170. The number of hydrogen-bond acceptors (Lipinski definition) is 4. The molecule has 2 unspecified atom stereocenters. The van der Waals surface area contributed by atoms with Crippen molar-refractivity contribution in [3.05, 3.63) is 0 Å². The highest BCUT2D eigenvalue weighted by Gasteiger charge is 2.42. The van der Waals surface area contributed by atoms with Gasteiger partial charge in [0.05, 0.1) is 11.4 Å². The lowest BCUT2D eigenvalue weighted by Crippen LogP contribution is -2.35. The van der Waals surface area contributed by atoms with Crippen molar-refractivity contribution in [3.63, 3.8) is 0 Å². The van der Waals surface area contributed by atoms with Crippen LogP contribution in [0.1, 0.15) is 46.0 Å². The minimum Gasteiger partial charge on any atom is -0.377 e. The highest BCUT2D eigenvalue weighted by atomic mass is 32.2. The second-order valence-corrected chi connectivity index (χ2v) is 10.3. The van der Waals surface area contributed by atoms with Gasteiger partial charge in [-0.2, -0.15) is 4.31 Å². The predicted octanol–water partition coefficient (Wildman–Crippen LogP) is 1.84. The molecule has 6 heteroatoms. The van der Waals surface area contributed by atoms with Gasteiger partial charge in [-0.3, -0.25) is 0 Å². The first-order valence-electron chi connectivity index (χ1n) is 9.29. The number of piperidine rings is 1. The van der Waals surface area contributed by atoms with Gasteiger partial charge in [0.1, 0.15) is 0 Å². The molecule has 2 aliphatic heterocycles. The van der Waals surface area contributed by atoms with Crippen LogP contribution in [0.2, 0.25) is 0 Å². The molecular formula is C17H32N2O3S. The van der Waals surface area contributed by atoms with Crippen molar-refractivity contribution >= 4 is 10.0 Å². The zero-order chi connectivity index (χ0) is 16.4. The Balaban J connectivity index is 1.33. The molecule has 0 spiro atoms. The molecule has 2 saturated heterocycles. The molecule has 23 heavy (non-hydrogen) atoms. The van der Waals surface area contributed by atoms with Crippen LogP contribution in [0.4, 0.5) is 0 Å². The van der Waals surface area contributed by atoms with Crippen molar-refractivity contribution in [2.45, 2.75) is 57.3 Å². The maximum Gasteiger partial charge on any atom is 0.216 e. The first-order chi connectivity index (χ1) is 11.0. The van der Waals surface area contributed by atoms with Gasteiger partial charge in [-0.05, 0) is 76.8 Å². The quantitative estimate of drug-likeness (QED) is 0.766. The van der Waals surface area contributed by atoms with E-state index in [1.807, 2.05) is 0 Å². The summed E-state index contributed by atoms with van der Waals surface area (Å²) in [5, 5.41) is 3.10. The molecule has 0 radical (unpaired) electrons. The van der Waals surface area contributed by atoms with Gasteiger partial charge in [0.15, 0.2) is 0 Å². The standard InChI is InChI=1S/C17H32N2O3S/c1-13(2)23(20,21)19-9-5-16(12-19)22-10-6-15-11-17(15)14-3-7-18-8-4-14/h13-18H,3-12H2,1-2H3/t15-,16?,17?/m1/s1. The third kappa shape index (κ3) is 4.27. The molecule has 1 saturated carbocycles. The van der Waals surface area contributed by atoms with E-state index in [0.29, 0.717) is 13.1 Å². The fourth-order valence-corrected chi connectivity index (χ4v) is 5.53. The van der Waals surface area contributed by atoms with Gasteiger partial charge < -0.3 is 10.1 Å². The molecule has 3 aliphatic rings. The maximum atomic E-state index is 12.2. The zero-order valence-corrected chi connectivity index (χ0v) is 15.4. The van der Waals surface area contributed by atoms with E-state index < -0.39 is 10.0 Å². The average molecular weight is 345 g/mol. The normalized spacial score (nSPS) is 33.4. The second-order valence-electron chi connectivity index (χ2n) is 7.77. The Kier molecular flexibility index (Phi) is 5.66. The van der Waals surface area contributed by atoms with Crippen molar-refractivity contribution in [2.75, 3.05) is 32.8 Å². The van der Waals surface area contributed by atoms with E-state index in [2.05, 4.69) is 5.32 Å². The highest BCUT2D eigenvalue weighted by Crippen LogP contribution is 2.49. The highest BCUT2D eigenvalue weighted by molar-refractivity contribution is 7.89. The van der Waals surface area contributed by atoms with Crippen molar-refractivity contribution in [3.8, 4) is 0 Å². The molecular weight excluding hydrogens is 312 g/mol. The van der Waals surface area contributed by atoms with Crippen molar-refractivity contribution in [1.29, 1.82) is 0 Å². The molecule has 0 bridgehead atoms. The molecule has 3 fully saturated rings. The lowest BCUT2D eigenvalue weighted by molar-refractivity contribution is 0.0581. The first kappa shape index (κ1) is 17.6. The number of hydrogen-bond donors (Lipinski definition) is 1. The van der Waals surface area contributed by atoms with Crippen LogP contribution in [0, 0.1) is 17.8 Å². The SMILES string of the molecule is CC(C)S(=O)(=O)N1CCC(OCC[C@@H]2CC2C2CCNCC2)C1. The van der Waals surface area contributed by atoms with Gasteiger partial charge in [-0.15, -0.1) is 0 Å². The van der Waals surface area contributed by atoms with E-state index in [1.54, 1.807) is 18.2 Å². The Morgan fingerprint density at radius 2 is 1.96 bits per heavy atom. The summed E-state index contributed by atoms with van der Waals surface area (Å²) in [6.07, 6.45) is 6.15. The van der Waals surface area contributed by atoms with E-state index in [-0.39, 0.29) is 11.4 Å². The molecule has 0 aromatic heterocycles. The van der Waals surface area contributed by atoms with E-state index in [4.69, 9.17) is 4.74 Å². The number of nitrogens with one attached hydrogen (secondary N) is 1. The average Bonchev–Trinajstić information content (AvgIpc) is 3.14. The van der Waals surface area contributed by atoms with Crippen LogP contribution in [-0.4, -0.2) is 56.9 Å². The number of sulfonamides is 1. The molecule has 5 nitrogen and oxygen atoms in total. The zero-order valence-electron chi connectivity index (χ0n) is 14.5. The summed E-state index contributed by atoms with van der Waals surface area (Å²) in [4.78, 5) is 0. The smallest absolute Gasteiger partial charge is 0.216 e. The van der Waals surface area contributed by atoms with Gasteiger partial charge >= 0.3 is 0 Å². The van der Waals surface area contributed by atoms with Gasteiger partial charge in [0.2, 0.25) is 10.0 Å². The van der Waals surface area contributed by atoms with Gasteiger partial charge in [0.25, 0.3) is 0 Å². The topological polar surface area (TPSA) is 58.6 Å². The van der Waals surface area contributed by atoms with Crippen LogP contribution < -0.4 is 5.32 Å². The fraction of sp³-hybridized carbons (Fsp3) is 1.00. The predicted molar refractivity (Wildman–Crippen MR) is 91.8 cm³/mol. The van der Waals surface area contributed by atoms with Crippen molar-refractivity contribution in [2.24, 2.45) is 17.8 Å². The van der Waals surface area contributed by atoms with E-state index in [1.165, 1.54) is 32.4 Å². The maximum absolute atomic E-state index is 12.2. The van der Waals surface area contributed by atoms with Crippen LogP contribution in [0.15, 0.2) is 0 Å². The lowest BCUT2D eigenvalue weighted by Gasteiger charge is -2.22. The van der Waals surface area contributed by atoms with Crippen LogP contribution in [-0.2, 0) is 14.8 Å². The van der Waals surface area contributed by atoms with Crippen LogP contribution in [0.25, 0.3) is 0 Å². The summed E-state index contributed by atoms with van der Waals surface area (Å²) in [5.41, 5.74) is 0.